The molecule has 0 unspecified atom stereocenters. The van der Waals surface area contributed by atoms with Crippen LogP contribution in [0.25, 0.3) is 0 Å². The number of hydrogen-bond acceptors (Lipinski definition) is 6. The average Bonchev–Trinajstić information content (AvgIpc) is 3.52. The minimum Gasteiger partial charge on any atom is -0.493 e. The molecule has 3 heterocycles. The second-order valence-corrected chi connectivity index (χ2v) is 8.25. The Balaban J connectivity index is 1.31. The predicted octanol–water partition coefficient (Wildman–Crippen LogP) is 3.77. The lowest BCUT2D eigenvalue weighted by molar-refractivity contribution is 0.254. The summed E-state index contributed by atoms with van der Waals surface area (Å²) in [6.07, 6.45) is 11.9. The molecule has 3 aromatic rings. The lowest BCUT2D eigenvalue weighted by Gasteiger charge is -2.16. The molecule has 0 radical (unpaired) electrons. The van der Waals surface area contributed by atoms with Crippen LogP contribution in [0.1, 0.15) is 42.8 Å². The number of nitrogens with zero attached hydrogens (tertiary/aromatic N) is 5. The third kappa shape index (κ3) is 6.53. The highest BCUT2D eigenvalue weighted by Crippen LogP contribution is 2.29. The van der Waals surface area contributed by atoms with Gasteiger partial charge in [-0.15, -0.1) is 0 Å². The van der Waals surface area contributed by atoms with E-state index in [1.165, 1.54) is 25.9 Å². The second-order valence-electron chi connectivity index (χ2n) is 8.25. The number of likely N-dealkylation sites (tertiary alicyclic amines) is 1. The molecule has 170 valence electrons. The number of hydrogen-bond donors (Lipinski definition) is 0. The molecule has 32 heavy (non-hydrogen) atoms. The van der Waals surface area contributed by atoms with Crippen LogP contribution in [0.5, 0.6) is 11.5 Å². The average molecular weight is 436 g/mol. The van der Waals surface area contributed by atoms with Crippen LogP contribution in [0.3, 0.4) is 0 Å². The molecule has 0 spiro atoms. The van der Waals surface area contributed by atoms with E-state index in [9.17, 15) is 0 Å². The van der Waals surface area contributed by atoms with E-state index < -0.39 is 0 Å². The van der Waals surface area contributed by atoms with Gasteiger partial charge in [0.2, 0.25) is 0 Å². The fraction of sp³-hybridized carbons (Fsp3) is 0.480. The number of ether oxygens (including phenoxy) is 2. The Kier molecular flexibility index (Phi) is 8.09. The monoisotopic (exact) mass is 435 g/mol. The lowest BCUT2D eigenvalue weighted by Crippen LogP contribution is -2.21. The van der Waals surface area contributed by atoms with E-state index >= 15 is 0 Å². The van der Waals surface area contributed by atoms with Gasteiger partial charge in [0.05, 0.1) is 13.7 Å². The third-order valence-electron chi connectivity index (χ3n) is 5.81. The minimum atomic E-state index is 0.668. The Morgan fingerprint density at radius 3 is 2.72 bits per heavy atom. The first-order valence-corrected chi connectivity index (χ1v) is 11.6. The maximum absolute atomic E-state index is 6.08. The van der Waals surface area contributed by atoms with Gasteiger partial charge in [-0.1, -0.05) is 6.07 Å². The minimum absolute atomic E-state index is 0.668. The highest BCUT2D eigenvalue weighted by molar-refractivity contribution is 5.43. The first-order chi connectivity index (χ1) is 15.8. The van der Waals surface area contributed by atoms with E-state index in [1.807, 2.05) is 41.5 Å². The number of aromatic nitrogens is 4. The topological polar surface area (TPSA) is 65.3 Å². The third-order valence-corrected chi connectivity index (χ3v) is 5.81. The van der Waals surface area contributed by atoms with E-state index in [1.54, 1.807) is 7.11 Å². The molecule has 1 aromatic carbocycles. The zero-order valence-electron chi connectivity index (χ0n) is 18.9. The van der Waals surface area contributed by atoms with Gasteiger partial charge in [-0.3, -0.25) is 4.68 Å². The van der Waals surface area contributed by atoms with Crippen LogP contribution in [0, 0.1) is 0 Å². The van der Waals surface area contributed by atoms with Crippen LogP contribution in [0.15, 0.2) is 48.9 Å². The van der Waals surface area contributed by atoms with Crippen molar-refractivity contribution in [3.8, 4) is 11.5 Å². The van der Waals surface area contributed by atoms with Gasteiger partial charge >= 0.3 is 0 Å². The van der Waals surface area contributed by atoms with E-state index in [2.05, 4.69) is 27.1 Å². The molecule has 4 rings (SSSR count). The van der Waals surface area contributed by atoms with Crippen molar-refractivity contribution in [1.29, 1.82) is 0 Å². The summed E-state index contributed by atoms with van der Waals surface area (Å²) >= 11 is 0. The van der Waals surface area contributed by atoms with Crippen molar-refractivity contribution in [3.63, 3.8) is 0 Å². The summed E-state index contributed by atoms with van der Waals surface area (Å²) in [5, 5.41) is 4.25. The fourth-order valence-corrected chi connectivity index (χ4v) is 4.12. The molecule has 1 aliphatic rings. The van der Waals surface area contributed by atoms with Crippen LogP contribution in [0.2, 0.25) is 0 Å². The SMILES string of the molecule is COc1ccc(Cc2nccc(CCCn3cccn3)n2)cc1OCCCN1CCCC1. The van der Waals surface area contributed by atoms with Gasteiger partial charge in [-0.25, -0.2) is 9.97 Å². The summed E-state index contributed by atoms with van der Waals surface area (Å²) in [4.78, 5) is 11.7. The zero-order valence-corrected chi connectivity index (χ0v) is 18.9. The molecule has 1 aliphatic heterocycles. The Morgan fingerprint density at radius 2 is 1.91 bits per heavy atom. The molecule has 2 aromatic heterocycles. The number of rotatable bonds is 12. The van der Waals surface area contributed by atoms with Crippen LogP contribution in [0.4, 0.5) is 0 Å². The molecule has 0 aliphatic carbocycles. The van der Waals surface area contributed by atoms with Gasteiger partial charge in [-0.2, -0.15) is 5.10 Å². The van der Waals surface area contributed by atoms with Crippen molar-refractivity contribution in [3.05, 3.63) is 66.0 Å². The van der Waals surface area contributed by atoms with E-state index in [4.69, 9.17) is 14.5 Å². The van der Waals surface area contributed by atoms with Crippen molar-refractivity contribution in [2.24, 2.45) is 0 Å². The van der Waals surface area contributed by atoms with Gasteiger partial charge < -0.3 is 14.4 Å². The predicted molar refractivity (Wildman–Crippen MR) is 124 cm³/mol. The molecule has 1 saturated heterocycles. The van der Waals surface area contributed by atoms with E-state index in [-0.39, 0.29) is 0 Å². The Bertz CT molecular complexity index is 955. The van der Waals surface area contributed by atoms with Gasteiger partial charge in [0.15, 0.2) is 11.5 Å². The maximum atomic E-state index is 6.08. The van der Waals surface area contributed by atoms with Crippen molar-refractivity contribution < 1.29 is 9.47 Å². The van der Waals surface area contributed by atoms with Crippen LogP contribution in [-0.4, -0.2) is 58.0 Å². The van der Waals surface area contributed by atoms with Gasteiger partial charge in [0.25, 0.3) is 0 Å². The summed E-state index contributed by atoms with van der Waals surface area (Å²) in [7, 11) is 1.68. The van der Waals surface area contributed by atoms with Crippen LogP contribution in [-0.2, 0) is 19.4 Å². The largest absolute Gasteiger partial charge is 0.493 e. The van der Waals surface area contributed by atoms with Gasteiger partial charge in [-0.05, 0) is 75.0 Å². The summed E-state index contributed by atoms with van der Waals surface area (Å²) < 4.78 is 13.5. The lowest BCUT2D eigenvalue weighted by atomic mass is 10.1. The number of aryl methyl sites for hydroxylation is 2. The smallest absolute Gasteiger partial charge is 0.161 e. The molecule has 7 nitrogen and oxygen atoms in total. The van der Waals surface area contributed by atoms with E-state index in [0.29, 0.717) is 13.0 Å². The molecule has 1 fully saturated rings. The zero-order chi connectivity index (χ0) is 22.0. The van der Waals surface area contributed by atoms with E-state index in [0.717, 1.165) is 60.9 Å². The Morgan fingerprint density at radius 1 is 1.00 bits per heavy atom. The van der Waals surface area contributed by atoms with Crippen molar-refractivity contribution in [1.82, 2.24) is 24.6 Å². The highest BCUT2D eigenvalue weighted by Gasteiger charge is 2.12. The van der Waals surface area contributed by atoms with Crippen molar-refractivity contribution in [2.75, 3.05) is 33.4 Å². The molecule has 0 amide bonds. The number of benzene rings is 1. The first kappa shape index (κ1) is 22.3. The second kappa shape index (κ2) is 11.6. The Hall–Kier alpha value is -2.93. The van der Waals surface area contributed by atoms with Crippen molar-refractivity contribution >= 4 is 0 Å². The fourth-order valence-electron chi connectivity index (χ4n) is 4.12. The first-order valence-electron chi connectivity index (χ1n) is 11.6. The molecule has 0 atom stereocenters. The summed E-state index contributed by atoms with van der Waals surface area (Å²) in [6.45, 7) is 5.13. The standard InChI is InChI=1S/C25H33N5O2/c1-31-23-9-8-21(19-24(23)32-18-6-15-29-13-2-3-14-29)20-25-26-12-10-22(28-25)7-4-16-30-17-5-11-27-30/h5,8-12,17,19H,2-4,6-7,13-16,18,20H2,1H3. The summed E-state index contributed by atoms with van der Waals surface area (Å²) in [5.41, 5.74) is 2.18. The number of methoxy groups -OCH3 is 1. The maximum Gasteiger partial charge on any atom is 0.161 e. The van der Waals surface area contributed by atoms with Gasteiger partial charge in [0, 0.05) is 43.8 Å². The highest BCUT2D eigenvalue weighted by atomic mass is 16.5. The van der Waals surface area contributed by atoms with Gasteiger partial charge in [0.1, 0.15) is 5.82 Å². The Labute approximate surface area is 190 Å². The molecule has 0 N–H and O–H groups in total. The quantitative estimate of drug-likeness (QED) is 0.404. The molecule has 7 heteroatoms. The normalized spacial score (nSPS) is 14.0. The van der Waals surface area contributed by atoms with Crippen molar-refractivity contribution in [2.45, 2.75) is 45.1 Å². The molecule has 0 saturated carbocycles. The summed E-state index contributed by atoms with van der Waals surface area (Å²) in [6, 6.07) is 10.0. The molecular weight excluding hydrogens is 402 g/mol. The molecule has 0 bridgehead atoms. The summed E-state index contributed by atoms with van der Waals surface area (Å²) in [5.74, 6) is 2.39. The molecular formula is C25H33N5O2. The van der Waals surface area contributed by atoms with Crippen LogP contribution < -0.4 is 9.47 Å². The van der Waals surface area contributed by atoms with Crippen LogP contribution >= 0.6 is 0 Å².